The Hall–Kier alpha value is -2.56. The van der Waals surface area contributed by atoms with Crippen LogP contribution in [-0.4, -0.2) is 25.3 Å². The molecule has 0 heterocycles. The number of benzene rings is 2. The molecule has 0 spiro atoms. The van der Waals surface area contributed by atoms with Gasteiger partial charge in [0.25, 0.3) is 5.69 Å². The molecule has 1 atom stereocenters. The summed E-state index contributed by atoms with van der Waals surface area (Å²) >= 11 is 5.92. The average molecular weight is 416 g/mol. The van der Waals surface area contributed by atoms with Crippen LogP contribution in [0.4, 0.5) is 15.8 Å². The predicted molar refractivity (Wildman–Crippen MR) is 97.5 cm³/mol. The van der Waals surface area contributed by atoms with E-state index in [0.29, 0.717) is 0 Å². The highest BCUT2D eigenvalue weighted by Crippen LogP contribution is 2.26. The third-order valence-electron chi connectivity index (χ3n) is 3.57. The lowest BCUT2D eigenvalue weighted by molar-refractivity contribution is -0.384. The van der Waals surface area contributed by atoms with E-state index < -0.39 is 32.7 Å². The molecular weight excluding hydrogens is 401 g/mol. The molecule has 0 aliphatic carbocycles. The topological polar surface area (TPSA) is 118 Å². The lowest BCUT2D eigenvalue weighted by Gasteiger charge is -2.17. The number of halogens is 2. The third-order valence-corrected chi connectivity index (χ3v) is 5.37. The summed E-state index contributed by atoms with van der Waals surface area (Å²) in [6, 6.07) is 6.49. The number of non-ortho nitro benzene ring substituents is 1. The van der Waals surface area contributed by atoms with Crippen molar-refractivity contribution in [1.29, 1.82) is 0 Å². The molecule has 0 saturated heterocycles. The standard InChI is InChI=1S/C16H15ClFN3O5S/c1-2-14(20-27(25,26)12-6-3-10(18)4-7-12)16(22)19-15-8-5-11(21(23)24)9-13(15)17/h3-9,14,20H,2H2,1H3,(H,19,22). The van der Waals surface area contributed by atoms with Gasteiger partial charge in [-0.05, 0) is 36.8 Å². The molecule has 1 unspecified atom stereocenters. The smallest absolute Gasteiger partial charge is 0.271 e. The van der Waals surface area contributed by atoms with Crippen molar-refractivity contribution in [3.63, 3.8) is 0 Å². The molecule has 0 bridgehead atoms. The lowest BCUT2D eigenvalue weighted by Crippen LogP contribution is -2.43. The van der Waals surface area contributed by atoms with E-state index in [1.54, 1.807) is 6.92 Å². The number of hydrogen-bond acceptors (Lipinski definition) is 5. The van der Waals surface area contributed by atoms with Crippen molar-refractivity contribution in [3.8, 4) is 0 Å². The van der Waals surface area contributed by atoms with Gasteiger partial charge in [0.2, 0.25) is 15.9 Å². The van der Waals surface area contributed by atoms with Gasteiger partial charge in [0.15, 0.2) is 0 Å². The van der Waals surface area contributed by atoms with Gasteiger partial charge >= 0.3 is 0 Å². The van der Waals surface area contributed by atoms with E-state index in [4.69, 9.17) is 11.6 Å². The van der Waals surface area contributed by atoms with Crippen LogP contribution in [0.2, 0.25) is 5.02 Å². The monoisotopic (exact) mass is 415 g/mol. The van der Waals surface area contributed by atoms with Crippen molar-refractivity contribution in [3.05, 3.63) is 63.4 Å². The summed E-state index contributed by atoms with van der Waals surface area (Å²) in [6.07, 6.45) is 0.122. The summed E-state index contributed by atoms with van der Waals surface area (Å²) in [5.41, 5.74) is -0.145. The molecule has 11 heteroatoms. The van der Waals surface area contributed by atoms with Gasteiger partial charge in [-0.2, -0.15) is 4.72 Å². The fourth-order valence-electron chi connectivity index (χ4n) is 2.13. The molecule has 1 amide bonds. The molecule has 0 fully saturated rings. The summed E-state index contributed by atoms with van der Waals surface area (Å²) in [6.45, 7) is 1.59. The molecule has 0 aromatic heterocycles. The maximum atomic E-state index is 13.0. The highest BCUT2D eigenvalue weighted by atomic mass is 35.5. The Labute approximate surface area is 159 Å². The van der Waals surface area contributed by atoms with Crippen molar-refractivity contribution in [2.24, 2.45) is 0 Å². The Morgan fingerprint density at radius 2 is 1.89 bits per heavy atom. The number of nitrogens with zero attached hydrogens (tertiary/aromatic N) is 1. The zero-order valence-corrected chi connectivity index (χ0v) is 15.6. The van der Waals surface area contributed by atoms with Gasteiger partial charge in [-0.1, -0.05) is 18.5 Å². The molecule has 8 nitrogen and oxygen atoms in total. The number of anilines is 1. The lowest BCUT2D eigenvalue weighted by atomic mass is 10.2. The van der Waals surface area contributed by atoms with Crippen LogP contribution in [0, 0.1) is 15.9 Å². The Kier molecular flexibility index (Phi) is 6.47. The number of amides is 1. The first kappa shape index (κ1) is 20.7. The number of carbonyl (C=O) groups is 1. The van der Waals surface area contributed by atoms with Crippen LogP contribution < -0.4 is 10.0 Å². The highest BCUT2D eigenvalue weighted by molar-refractivity contribution is 7.89. The molecule has 0 saturated carbocycles. The quantitative estimate of drug-likeness (QED) is 0.532. The van der Waals surface area contributed by atoms with Gasteiger partial charge in [0, 0.05) is 12.1 Å². The number of nitro benzene ring substituents is 1. The molecule has 2 rings (SSSR count). The van der Waals surface area contributed by atoms with Crippen molar-refractivity contribution >= 4 is 38.9 Å². The number of nitro groups is 1. The molecule has 2 aromatic carbocycles. The van der Waals surface area contributed by atoms with Crippen LogP contribution in [0.3, 0.4) is 0 Å². The minimum atomic E-state index is -4.05. The van der Waals surface area contributed by atoms with Crippen LogP contribution in [-0.2, 0) is 14.8 Å². The first-order valence-electron chi connectivity index (χ1n) is 7.66. The largest absolute Gasteiger partial charge is 0.323 e. The summed E-state index contributed by atoms with van der Waals surface area (Å²) in [7, 11) is -4.05. The fraction of sp³-hybridized carbons (Fsp3) is 0.188. The van der Waals surface area contributed by atoms with Gasteiger partial charge in [-0.15, -0.1) is 0 Å². The van der Waals surface area contributed by atoms with Gasteiger partial charge in [-0.3, -0.25) is 14.9 Å². The minimum absolute atomic E-state index is 0.0613. The van der Waals surface area contributed by atoms with Crippen LogP contribution in [0.1, 0.15) is 13.3 Å². The van der Waals surface area contributed by atoms with E-state index in [2.05, 4.69) is 10.0 Å². The number of sulfonamides is 1. The average Bonchev–Trinajstić information content (AvgIpc) is 2.61. The van der Waals surface area contributed by atoms with Crippen molar-refractivity contribution in [1.82, 2.24) is 4.72 Å². The highest BCUT2D eigenvalue weighted by Gasteiger charge is 2.25. The fourth-order valence-corrected chi connectivity index (χ4v) is 3.63. The number of nitrogens with one attached hydrogen (secondary N) is 2. The van der Waals surface area contributed by atoms with Gasteiger partial charge < -0.3 is 5.32 Å². The molecule has 144 valence electrons. The van der Waals surface area contributed by atoms with Crippen LogP contribution in [0.25, 0.3) is 0 Å². The van der Waals surface area contributed by atoms with Crippen LogP contribution in [0.15, 0.2) is 47.4 Å². The first-order chi connectivity index (χ1) is 12.6. The third kappa shape index (κ3) is 5.22. The Balaban J connectivity index is 2.16. The minimum Gasteiger partial charge on any atom is -0.323 e. The second kappa shape index (κ2) is 8.42. The normalized spacial score (nSPS) is 12.4. The number of hydrogen-bond donors (Lipinski definition) is 2. The Morgan fingerprint density at radius 3 is 2.41 bits per heavy atom. The maximum Gasteiger partial charge on any atom is 0.271 e. The number of carbonyl (C=O) groups excluding carboxylic acids is 1. The van der Waals surface area contributed by atoms with E-state index in [1.165, 1.54) is 6.07 Å². The maximum absolute atomic E-state index is 13.0. The summed E-state index contributed by atoms with van der Waals surface area (Å²) < 4.78 is 39.9. The van der Waals surface area contributed by atoms with E-state index >= 15 is 0 Å². The van der Waals surface area contributed by atoms with E-state index in [1.807, 2.05) is 0 Å². The zero-order valence-electron chi connectivity index (χ0n) is 14.0. The van der Waals surface area contributed by atoms with E-state index in [-0.39, 0.29) is 27.7 Å². The molecule has 2 aromatic rings. The van der Waals surface area contributed by atoms with E-state index in [9.17, 15) is 27.7 Å². The van der Waals surface area contributed by atoms with Crippen molar-refractivity contribution in [2.45, 2.75) is 24.3 Å². The molecular formula is C16H15ClFN3O5S. The number of rotatable bonds is 7. The molecule has 27 heavy (non-hydrogen) atoms. The SMILES string of the molecule is CCC(NS(=O)(=O)c1ccc(F)cc1)C(=O)Nc1ccc([N+](=O)[O-])cc1Cl. The second-order valence-electron chi connectivity index (χ2n) is 5.45. The summed E-state index contributed by atoms with van der Waals surface area (Å²) in [4.78, 5) is 22.3. The second-order valence-corrected chi connectivity index (χ2v) is 7.57. The van der Waals surface area contributed by atoms with Crippen LogP contribution >= 0.6 is 11.6 Å². The van der Waals surface area contributed by atoms with Crippen molar-refractivity contribution < 1.29 is 22.5 Å². The summed E-state index contributed by atoms with van der Waals surface area (Å²) in [5, 5.41) is 13.1. The zero-order chi connectivity index (χ0) is 20.2. The van der Waals surface area contributed by atoms with Gasteiger partial charge in [-0.25, -0.2) is 12.8 Å². The summed E-state index contributed by atoms with van der Waals surface area (Å²) in [5.74, 6) is -1.29. The van der Waals surface area contributed by atoms with Gasteiger partial charge in [0.05, 0.1) is 20.5 Å². The molecule has 0 radical (unpaired) electrons. The van der Waals surface area contributed by atoms with E-state index in [0.717, 1.165) is 36.4 Å². The van der Waals surface area contributed by atoms with Gasteiger partial charge in [0.1, 0.15) is 11.9 Å². The molecule has 0 aliphatic heterocycles. The Morgan fingerprint density at radius 1 is 1.26 bits per heavy atom. The molecule has 0 aliphatic rings. The first-order valence-corrected chi connectivity index (χ1v) is 9.53. The Bertz CT molecular complexity index is 967. The molecule has 2 N–H and O–H groups in total. The van der Waals surface area contributed by atoms with Crippen LogP contribution in [0.5, 0.6) is 0 Å². The van der Waals surface area contributed by atoms with Crippen molar-refractivity contribution in [2.75, 3.05) is 5.32 Å². The predicted octanol–water partition coefficient (Wildman–Crippen LogP) is 3.08.